The van der Waals surface area contributed by atoms with Crippen LogP contribution >= 0.6 is 0 Å². The van der Waals surface area contributed by atoms with Gasteiger partial charge in [-0.05, 0) is 53.1 Å². The highest BCUT2D eigenvalue weighted by Crippen LogP contribution is 2.54. The Morgan fingerprint density at radius 1 is 0.688 bits per heavy atom. The third-order valence-corrected chi connectivity index (χ3v) is 9.58. The minimum Gasteiger partial charge on any atom is -0.485 e. The van der Waals surface area contributed by atoms with E-state index in [-0.39, 0.29) is 6.10 Å². The number of nitrogens with zero attached hydrogens (tertiary/aromatic N) is 3. The van der Waals surface area contributed by atoms with E-state index in [9.17, 15) is 0 Å². The zero-order valence-corrected chi connectivity index (χ0v) is 26.3. The van der Waals surface area contributed by atoms with Crippen LogP contribution in [0.25, 0.3) is 44.7 Å². The van der Waals surface area contributed by atoms with Crippen molar-refractivity contribution in [1.29, 1.82) is 0 Å². The van der Waals surface area contributed by atoms with Crippen LogP contribution in [0.15, 0.2) is 169 Å². The quantitative estimate of drug-likeness (QED) is 0.208. The summed E-state index contributed by atoms with van der Waals surface area (Å²) in [5.74, 6) is 1.61. The summed E-state index contributed by atoms with van der Waals surface area (Å²) in [7, 11) is 0. The SMILES string of the molecule is C1=CCNC(C2(c3ccccn3)C3=CC=CCC3Oc3ccc(-c4ccc(-c5nc(-c6ccccc6)nc6ccccc56)cc4)cc32)=C1. The highest BCUT2D eigenvalue weighted by molar-refractivity contribution is 5.94. The molecule has 2 aromatic heterocycles. The highest BCUT2D eigenvalue weighted by atomic mass is 16.5. The van der Waals surface area contributed by atoms with E-state index in [4.69, 9.17) is 19.7 Å². The van der Waals surface area contributed by atoms with Gasteiger partial charge in [-0.25, -0.2) is 9.97 Å². The zero-order chi connectivity index (χ0) is 31.9. The summed E-state index contributed by atoms with van der Waals surface area (Å²) in [6.45, 7) is 0.759. The van der Waals surface area contributed by atoms with Gasteiger partial charge in [-0.3, -0.25) is 4.98 Å². The van der Waals surface area contributed by atoms with E-state index in [0.717, 1.165) is 80.3 Å². The summed E-state index contributed by atoms with van der Waals surface area (Å²) >= 11 is 0. The third-order valence-electron chi connectivity index (χ3n) is 9.58. The van der Waals surface area contributed by atoms with Crippen LogP contribution in [-0.2, 0) is 5.41 Å². The Morgan fingerprint density at radius 3 is 2.31 bits per heavy atom. The average Bonchev–Trinajstić information content (AvgIpc) is 3.17. The van der Waals surface area contributed by atoms with Gasteiger partial charge in [0.15, 0.2) is 5.82 Å². The monoisotopic (exact) mass is 620 g/mol. The number of aromatic nitrogens is 3. The number of dihydropyridines is 1. The molecule has 9 rings (SSSR count). The maximum atomic E-state index is 6.73. The number of benzene rings is 4. The number of pyridine rings is 1. The van der Waals surface area contributed by atoms with Gasteiger partial charge in [0.05, 0.1) is 16.9 Å². The molecular formula is C43H32N4O. The summed E-state index contributed by atoms with van der Waals surface area (Å²) in [5, 5.41) is 4.75. The van der Waals surface area contributed by atoms with Crippen LogP contribution < -0.4 is 10.1 Å². The highest BCUT2D eigenvalue weighted by Gasteiger charge is 2.51. The van der Waals surface area contributed by atoms with Crippen molar-refractivity contribution in [3.8, 4) is 39.5 Å². The third kappa shape index (κ3) is 4.58. The number of rotatable bonds is 5. The van der Waals surface area contributed by atoms with Crippen molar-refractivity contribution < 1.29 is 4.74 Å². The summed E-state index contributed by atoms with van der Waals surface area (Å²) in [4.78, 5) is 15.0. The van der Waals surface area contributed by atoms with Crippen molar-refractivity contribution in [2.24, 2.45) is 0 Å². The normalized spacial score (nSPS) is 19.4. The summed E-state index contributed by atoms with van der Waals surface area (Å²) in [6.07, 6.45) is 15.7. The largest absolute Gasteiger partial charge is 0.485 e. The van der Waals surface area contributed by atoms with E-state index in [0.29, 0.717) is 0 Å². The first-order valence-corrected chi connectivity index (χ1v) is 16.4. The molecule has 0 amide bonds. The number of para-hydroxylation sites is 1. The van der Waals surface area contributed by atoms with E-state index in [2.05, 4.69) is 121 Å². The van der Waals surface area contributed by atoms with E-state index in [1.807, 2.05) is 42.6 Å². The number of hydrogen-bond acceptors (Lipinski definition) is 5. The fourth-order valence-electron chi connectivity index (χ4n) is 7.36. The van der Waals surface area contributed by atoms with Crippen LogP contribution in [0.1, 0.15) is 17.7 Å². The molecule has 4 aromatic carbocycles. The number of fused-ring (bicyclic) bond motifs is 3. The van der Waals surface area contributed by atoms with Gasteiger partial charge in [0.2, 0.25) is 0 Å². The molecule has 0 saturated heterocycles. The summed E-state index contributed by atoms with van der Waals surface area (Å²) < 4.78 is 6.73. The maximum absolute atomic E-state index is 6.73. The minimum absolute atomic E-state index is 0.0771. The molecule has 1 N–H and O–H groups in total. The lowest BCUT2D eigenvalue weighted by Gasteiger charge is -2.47. The standard InChI is InChI=1S/C43H32N4O/c1-2-12-31(13-3-1)42-46-36-16-6-4-14-33(36)41(47-42)30-22-20-29(21-23-30)32-24-25-38-35(28-32)43(39-18-8-10-26-44-39,40-19-9-11-27-45-40)34-15-5-7-17-37(34)48-38/h1-16,18-26,28,37,45H,17,27H2. The van der Waals surface area contributed by atoms with Crippen molar-refractivity contribution >= 4 is 10.9 Å². The molecule has 0 bridgehead atoms. The first-order valence-electron chi connectivity index (χ1n) is 16.4. The molecule has 0 spiro atoms. The minimum atomic E-state index is -0.626. The molecular weight excluding hydrogens is 589 g/mol. The fraction of sp³-hybridized carbons (Fsp3) is 0.0930. The average molecular weight is 621 g/mol. The molecule has 2 aliphatic heterocycles. The second-order valence-electron chi connectivity index (χ2n) is 12.3. The molecule has 2 atom stereocenters. The van der Waals surface area contributed by atoms with E-state index >= 15 is 0 Å². The topological polar surface area (TPSA) is 59.9 Å². The fourth-order valence-corrected chi connectivity index (χ4v) is 7.36. The molecule has 0 radical (unpaired) electrons. The summed E-state index contributed by atoms with van der Waals surface area (Å²) in [5.41, 5.74) is 9.86. The Morgan fingerprint density at radius 2 is 1.48 bits per heavy atom. The van der Waals surface area contributed by atoms with Crippen LogP contribution in [0, 0.1) is 0 Å². The Hall–Kier alpha value is -6.07. The number of ether oxygens (including phenoxy) is 1. The Kier molecular flexibility index (Phi) is 6.82. The molecule has 4 heterocycles. The second-order valence-corrected chi connectivity index (χ2v) is 12.3. The van der Waals surface area contributed by atoms with Crippen molar-refractivity contribution in [3.05, 3.63) is 180 Å². The van der Waals surface area contributed by atoms with Gasteiger partial charge in [0.1, 0.15) is 17.3 Å². The molecule has 3 aliphatic rings. The molecule has 0 fully saturated rings. The first kappa shape index (κ1) is 28.2. The van der Waals surface area contributed by atoms with Crippen LogP contribution in [0.4, 0.5) is 0 Å². The van der Waals surface area contributed by atoms with Crippen LogP contribution in [0.2, 0.25) is 0 Å². The predicted molar refractivity (Wildman–Crippen MR) is 192 cm³/mol. The lowest BCUT2D eigenvalue weighted by atomic mass is 9.63. The van der Waals surface area contributed by atoms with Crippen LogP contribution in [0.3, 0.4) is 0 Å². The lowest BCUT2D eigenvalue weighted by Crippen LogP contribution is -2.48. The van der Waals surface area contributed by atoms with Crippen molar-refractivity contribution in [3.63, 3.8) is 0 Å². The molecule has 1 aliphatic carbocycles. The van der Waals surface area contributed by atoms with Gasteiger partial charge >= 0.3 is 0 Å². The molecule has 6 aromatic rings. The number of nitrogens with one attached hydrogen (secondary N) is 1. The van der Waals surface area contributed by atoms with Gasteiger partial charge in [0.25, 0.3) is 0 Å². The van der Waals surface area contributed by atoms with E-state index in [1.54, 1.807) is 0 Å². The van der Waals surface area contributed by atoms with Crippen molar-refractivity contribution in [1.82, 2.24) is 20.3 Å². The maximum Gasteiger partial charge on any atom is 0.160 e. The zero-order valence-electron chi connectivity index (χ0n) is 26.3. The smallest absolute Gasteiger partial charge is 0.160 e. The number of allylic oxidation sites excluding steroid dienone is 5. The summed E-state index contributed by atoms with van der Waals surface area (Å²) in [6, 6.07) is 39.9. The number of hydrogen-bond donors (Lipinski definition) is 1. The predicted octanol–water partition coefficient (Wildman–Crippen LogP) is 9.00. The molecule has 2 unspecified atom stereocenters. The Bertz CT molecular complexity index is 2290. The Labute approximate surface area is 279 Å². The van der Waals surface area contributed by atoms with Gasteiger partial charge in [-0.2, -0.15) is 0 Å². The van der Waals surface area contributed by atoms with Crippen LogP contribution in [-0.4, -0.2) is 27.6 Å². The lowest BCUT2D eigenvalue weighted by molar-refractivity contribution is 0.201. The van der Waals surface area contributed by atoms with Gasteiger partial charge in [0, 0.05) is 46.9 Å². The van der Waals surface area contributed by atoms with E-state index in [1.165, 1.54) is 5.57 Å². The second kappa shape index (κ2) is 11.6. The van der Waals surface area contributed by atoms with Crippen molar-refractivity contribution in [2.75, 3.05) is 6.54 Å². The molecule has 5 heteroatoms. The van der Waals surface area contributed by atoms with Gasteiger partial charge in [-0.1, -0.05) is 115 Å². The molecule has 48 heavy (non-hydrogen) atoms. The van der Waals surface area contributed by atoms with Crippen LogP contribution in [0.5, 0.6) is 5.75 Å². The molecule has 230 valence electrons. The Balaban J connectivity index is 1.19. The first-order chi connectivity index (χ1) is 23.8. The van der Waals surface area contributed by atoms with Gasteiger partial charge < -0.3 is 10.1 Å². The molecule has 5 nitrogen and oxygen atoms in total. The van der Waals surface area contributed by atoms with E-state index < -0.39 is 5.41 Å². The van der Waals surface area contributed by atoms with Gasteiger partial charge in [-0.15, -0.1) is 0 Å². The van der Waals surface area contributed by atoms with Crippen molar-refractivity contribution in [2.45, 2.75) is 17.9 Å². The molecule has 0 saturated carbocycles.